The van der Waals surface area contributed by atoms with E-state index in [1.54, 1.807) is 7.11 Å². The molecule has 1 rings (SSSR count). The summed E-state index contributed by atoms with van der Waals surface area (Å²) in [5.74, 6) is 0.441. The van der Waals surface area contributed by atoms with Crippen molar-refractivity contribution in [1.29, 1.82) is 0 Å². The fourth-order valence-corrected chi connectivity index (χ4v) is 2.21. The van der Waals surface area contributed by atoms with Gasteiger partial charge in [0.1, 0.15) is 0 Å². The van der Waals surface area contributed by atoms with Gasteiger partial charge < -0.3 is 14.6 Å². The molecule has 0 radical (unpaired) electrons. The molecule has 0 aromatic rings. The maximum atomic E-state index is 9.81. The molecule has 0 aromatic heterocycles. The van der Waals surface area contributed by atoms with Crippen LogP contribution >= 0.6 is 15.9 Å². The molecule has 0 aliphatic carbocycles. The zero-order valence-electron chi connectivity index (χ0n) is 8.24. The second kappa shape index (κ2) is 4.73. The number of alkyl halides is 1. The van der Waals surface area contributed by atoms with Gasteiger partial charge in [-0.1, -0.05) is 29.8 Å². The van der Waals surface area contributed by atoms with Crippen molar-refractivity contribution >= 4 is 15.9 Å². The molecule has 5 atom stereocenters. The number of methoxy groups -OCH3 is 1. The van der Waals surface area contributed by atoms with Crippen LogP contribution in [0.3, 0.4) is 0 Å². The lowest BCUT2D eigenvalue weighted by Gasteiger charge is -2.41. The van der Waals surface area contributed by atoms with E-state index in [0.717, 1.165) is 0 Å². The fourth-order valence-electron chi connectivity index (χ4n) is 1.67. The van der Waals surface area contributed by atoms with Crippen molar-refractivity contribution < 1.29 is 14.6 Å². The number of hydrogen-bond acceptors (Lipinski definition) is 3. The molecule has 1 fully saturated rings. The van der Waals surface area contributed by atoms with Crippen LogP contribution in [-0.4, -0.2) is 36.0 Å². The quantitative estimate of drug-likeness (QED) is 0.756. The average Bonchev–Trinajstić information content (AvgIpc) is 2.15. The van der Waals surface area contributed by atoms with E-state index < -0.39 is 6.10 Å². The third-order valence-electron chi connectivity index (χ3n) is 2.87. The van der Waals surface area contributed by atoms with E-state index in [1.165, 1.54) is 0 Å². The number of aliphatic hydroxyl groups excluding tert-OH is 1. The van der Waals surface area contributed by atoms with Gasteiger partial charge in [-0.2, -0.15) is 0 Å². The van der Waals surface area contributed by atoms with Crippen LogP contribution in [0.5, 0.6) is 0 Å². The highest BCUT2D eigenvalue weighted by atomic mass is 79.9. The van der Waals surface area contributed by atoms with Gasteiger partial charge in [-0.05, 0) is 5.92 Å². The molecule has 1 saturated heterocycles. The van der Waals surface area contributed by atoms with E-state index in [1.807, 2.05) is 13.8 Å². The lowest BCUT2D eigenvalue weighted by Crippen LogP contribution is -2.50. The second-order valence-electron chi connectivity index (χ2n) is 3.64. The van der Waals surface area contributed by atoms with E-state index in [4.69, 9.17) is 9.47 Å². The number of hydrogen-bond donors (Lipinski definition) is 1. The van der Waals surface area contributed by atoms with Gasteiger partial charge in [-0.25, -0.2) is 0 Å². The van der Waals surface area contributed by atoms with Crippen molar-refractivity contribution in [2.75, 3.05) is 12.4 Å². The predicted molar refractivity (Wildman–Crippen MR) is 53.8 cm³/mol. The molecule has 0 spiro atoms. The highest BCUT2D eigenvalue weighted by Crippen LogP contribution is 2.31. The summed E-state index contributed by atoms with van der Waals surface area (Å²) in [6, 6.07) is 0. The number of rotatable bonds is 2. The Kier molecular flexibility index (Phi) is 4.16. The SMILES string of the molecule is CO[C@H]1OC(CBr)[C@@H](O)[C@H](C)C1C. The summed E-state index contributed by atoms with van der Waals surface area (Å²) in [6.07, 6.45) is -0.752. The molecule has 13 heavy (non-hydrogen) atoms. The van der Waals surface area contributed by atoms with Crippen LogP contribution in [-0.2, 0) is 9.47 Å². The smallest absolute Gasteiger partial charge is 0.160 e. The molecule has 2 unspecified atom stereocenters. The number of ether oxygens (including phenoxy) is 2. The van der Waals surface area contributed by atoms with Gasteiger partial charge in [0, 0.05) is 18.4 Å². The Morgan fingerprint density at radius 1 is 1.38 bits per heavy atom. The van der Waals surface area contributed by atoms with Gasteiger partial charge in [0.15, 0.2) is 6.29 Å². The Balaban J connectivity index is 2.66. The van der Waals surface area contributed by atoms with Crippen LogP contribution in [0.15, 0.2) is 0 Å². The number of aliphatic hydroxyl groups is 1. The molecular weight excluding hydrogens is 236 g/mol. The molecule has 1 N–H and O–H groups in total. The third kappa shape index (κ3) is 2.24. The first-order valence-electron chi connectivity index (χ1n) is 4.54. The van der Waals surface area contributed by atoms with Gasteiger partial charge in [0.2, 0.25) is 0 Å². The lowest BCUT2D eigenvalue weighted by atomic mass is 9.85. The molecule has 1 heterocycles. The van der Waals surface area contributed by atoms with E-state index in [0.29, 0.717) is 5.33 Å². The molecule has 1 aliphatic heterocycles. The van der Waals surface area contributed by atoms with Gasteiger partial charge in [0.05, 0.1) is 12.2 Å². The van der Waals surface area contributed by atoms with Gasteiger partial charge in [0.25, 0.3) is 0 Å². The third-order valence-corrected chi connectivity index (χ3v) is 3.51. The van der Waals surface area contributed by atoms with E-state index in [9.17, 15) is 5.11 Å². The molecule has 0 saturated carbocycles. The summed E-state index contributed by atoms with van der Waals surface area (Å²) >= 11 is 3.31. The summed E-state index contributed by atoms with van der Waals surface area (Å²) in [5.41, 5.74) is 0. The summed E-state index contributed by atoms with van der Waals surface area (Å²) in [5, 5.41) is 10.5. The number of halogens is 1. The highest BCUT2D eigenvalue weighted by molar-refractivity contribution is 9.09. The fraction of sp³-hybridized carbons (Fsp3) is 1.00. The van der Waals surface area contributed by atoms with Crippen LogP contribution in [0.25, 0.3) is 0 Å². The first-order chi connectivity index (χ1) is 6.11. The Morgan fingerprint density at radius 3 is 2.46 bits per heavy atom. The Bertz CT molecular complexity index is 145. The minimum Gasteiger partial charge on any atom is -0.390 e. The molecule has 0 amide bonds. The summed E-state index contributed by atoms with van der Waals surface area (Å²) in [4.78, 5) is 0. The molecular formula is C9H17BrO3. The van der Waals surface area contributed by atoms with Crippen molar-refractivity contribution in [3.05, 3.63) is 0 Å². The topological polar surface area (TPSA) is 38.7 Å². The monoisotopic (exact) mass is 252 g/mol. The van der Waals surface area contributed by atoms with Crippen LogP contribution in [0.1, 0.15) is 13.8 Å². The van der Waals surface area contributed by atoms with Crippen molar-refractivity contribution in [2.45, 2.75) is 32.3 Å². The van der Waals surface area contributed by atoms with E-state index >= 15 is 0 Å². The molecule has 4 heteroatoms. The zero-order chi connectivity index (χ0) is 10.0. The zero-order valence-corrected chi connectivity index (χ0v) is 9.82. The van der Waals surface area contributed by atoms with Crippen molar-refractivity contribution in [3.63, 3.8) is 0 Å². The van der Waals surface area contributed by atoms with Crippen molar-refractivity contribution in [1.82, 2.24) is 0 Å². The van der Waals surface area contributed by atoms with Gasteiger partial charge in [-0.15, -0.1) is 0 Å². The molecule has 78 valence electrons. The maximum absolute atomic E-state index is 9.81. The Hall–Kier alpha value is 0.360. The second-order valence-corrected chi connectivity index (χ2v) is 4.29. The van der Waals surface area contributed by atoms with Crippen molar-refractivity contribution in [3.8, 4) is 0 Å². The molecule has 0 bridgehead atoms. The van der Waals surface area contributed by atoms with Gasteiger partial charge >= 0.3 is 0 Å². The minimum absolute atomic E-state index is 0.156. The summed E-state index contributed by atoms with van der Waals surface area (Å²) in [6.45, 7) is 4.06. The lowest BCUT2D eigenvalue weighted by molar-refractivity contribution is -0.247. The van der Waals surface area contributed by atoms with Crippen LogP contribution in [0.4, 0.5) is 0 Å². The summed E-state index contributed by atoms with van der Waals surface area (Å²) < 4.78 is 10.8. The first kappa shape index (κ1) is 11.4. The van der Waals surface area contributed by atoms with E-state index in [2.05, 4.69) is 15.9 Å². The van der Waals surface area contributed by atoms with E-state index in [-0.39, 0.29) is 24.2 Å². The maximum Gasteiger partial charge on any atom is 0.160 e. The van der Waals surface area contributed by atoms with Crippen LogP contribution < -0.4 is 0 Å². The summed E-state index contributed by atoms with van der Waals surface area (Å²) in [7, 11) is 1.64. The predicted octanol–water partition coefficient (Wildman–Crippen LogP) is 1.39. The largest absolute Gasteiger partial charge is 0.390 e. The molecule has 1 aliphatic rings. The Morgan fingerprint density at radius 2 is 2.00 bits per heavy atom. The van der Waals surface area contributed by atoms with Crippen LogP contribution in [0.2, 0.25) is 0 Å². The first-order valence-corrected chi connectivity index (χ1v) is 5.66. The van der Waals surface area contributed by atoms with Gasteiger partial charge in [-0.3, -0.25) is 0 Å². The standard InChI is InChI=1S/C9H17BrO3/c1-5-6(2)9(12-3)13-7(4-10)8(5)11/h5-9,11H,4H2,1-3H3/t5-,6?,7?,8+,9+/m1/s1. The Labute approximate surface area is 87.5 Å². The van der Waals surface area contributed by atoms with Crippen molar-refractivity contribution in [2.24, 2.45) is 11.8 Å². The molecule has 3 nitrogen and oxygen atoms in total. The molecule has 0 aromatic carbocycles. The highest BCUT2D eigenvalue weighted by Gasteiger charge is 2.39. The normalized spacial score (nSPS) is 46.4. The van der Waals surface area contributed by atoms with Crippen LogP contribution in [0, 0.1) is 11.8 Å². The minimum atomic E-state index is -0.402. The average molecular weight is 253 g/mol.